The summed E-state index contributed by atoms with van der Waals surface area (Å²) in [6, 6.07) is 12.0. The highest BCUT2D eigenvalue weighted by Gasteiger charge is 2.20. The molecule has 0 saturated carbocycles. The van der Waals surface area contributed by atoms with Crippen LogP contribution in [-0.2, 0) is 9.53 Å². The fourth-order valence-electron chi connectivity index (χ4n) is 2.71. The number of aryl methyl sites for hydroxylation is 2. The van der Waals surface area contributed by atoms with Crippen LogP contribution in [0.15, 0.2) is 42.5 Å². The second-order valence-corrected chi connectivity index (χ2v) is 7.20. The molecule has 1 amide bonds. The van der Waals surface area contributed by atoms with Crippen molar-refractivity contribution in [3.8, 4) is 5.75 Å². The van der Waals surface area contributed by atoms with Crippen LogP contribution in [-0.4, -0.2) is 36.9 Å². The van der Waals surface area contributed by atoms with E-state index in [1.165, 1.54) is 6.92 Å². The van der Waals surface area contributed by atoms with Crippen LogP contribution < -0.4 is 10.1 Å². The third-order valence-corrected chi connectivity index (χ3v) is 4.75. The van der Waals surface area contributed by atoms with Crippen LogP contribution in [0.1, 0.15) is 58.5 Å². The average molecular weight is 411 g/mol. The molecule has 0 heterocycles. The minimum absolute atomic E-state index is 0.281. The van der Waals surface area contributed by atoms with Gasteiger partial charge in [0.15, 0.2) is 6.10 Å². The zero-order valence-electron chi connectivity index (χ0n) is 18.0. The lowest BCUT2D eigenvalue weighted by Crippen LogP contribution is -2.34. The molecule has 0 aromatic heterocycles. The van der Waals surface area contributed by atoms with Gasteiger partial charge in [0, 0.05) is 11.1 Å². The number of carbonyl (C=O) groups is 3. The highest BCUT2D eigenvalue weighted by molar-refractivity contribution is 6.01. The summed E-state index contributed by atoms with van der Waals surface area (Å²) in [4.78, 5) is 36.7. The van der Waals surface area contributed by atoms with Crippen molar-refractivity contribution in [2.24, 2.45) is 0 Å². The SMILES string of the molecule is CCCCOc1ccc(C(=O)NCC(=O)O[C@@H](C)C(=O)c2ccc(C)c(C)c2)cc1. The molecule has 0 spiro atoms. The van der Waals surface area contributed by atoms with Gasteiger partial charge in [0.2, 0.25) is 5.78 Å². The molecule has 6 nitrogen and oxygen atoms in total. The lowest BCUT2D eigenvalue weighted by atomic mass is 10.0. The number of rotatable bonds is 10. The molecule has 1 N–H and O–H groups in total. The highest BCUT2D eigenvalue weighted by Crippen LogP contribution is 2.14. The third-order valence-electron chi connectivity index (χ3n) is 4.75. The lowest BCUT2D eigenvalue weighted by molar-refractivity contribution is -0.145. The second kappa shape index (κ2) is 11.1. The van der Waals surface area contributed by atoms with Gasteiger partial charge in [-0.3, -0.25) is 14.4 Å². The van der Waals surface area contributed by atoms with Crippen LogP contribution in [0.2, 0.25) is 0 Å². The van der Waals surface area contributed by atoms with Gasteiger partial charge in [0.1, 0.15) is 12.3 Å². The van der Waals surface area contributed by atoms with Crippen molar-refractivity contribution in [1.82, 2.24) is 5.32 Å². The van der Waals surface area contributed by atoms with Crippen LogP contribution in [0.5, 0.6) is 5.75 Å². The zero-order valence-corrected chi connectivity index (χ0v) is 18.0. The van der Waals surface area contributed by atoms with E-state index >= 15 is 0 Å². The first-order valence-electron chi connectivity index (χ1n) is 10.1. The minimum Gasteiger partial charge on any atom is -0.494 e. The van der Waals surface area contributed by atoms with Gasteiger partial charge in [0.05, 0.1) is 6.61 Å². The minimum atomic E-state index is -0.934. The fourth-order valence-corrected chi connectivity index (χ4v) is 2.71. The predicted octanol–water partition coefficient (Wildman–Crippen LogP) is 4.03. The third kappa shape index (κ3) is 6.72. The molecule has 0 aliphatic carbocycles. The maximum atomic E-state index is 12.5. The van der Waals surface area contributed by atoms with Crippen molar-refractivity contribution in [1.29, 1.82) is 0 Å². The molecule has 160 valence electrons. The van der Waals surface area contributed by atoms with E-state index < -0.39 is 18.0 Å². The Balaban J connectivity index is 1.82. The maximum Gasteiger partial charge on any atom is 0.326 e. The Kier molecular flexibility index (Phi) is 8.59. The van der Waals surface area contributed by atoms with E-state index in [2.05, 4.69) is 12.2 Å². The predicted molar refractivity (Wildman–Crippen MR) is 115 cm³/mol. The molecular weight excluding hydrogens is 382 g/mol. The van der Waals surface area contributed by atoms with Gasteiger partial charge in [0.25, 0.3) is 5.91 Å². The number of nitrogens with one attached hydrogen (secondary N) is 1. The van der Waals surface area contributed by atoms with Gasteiger partial charge >= 0.3 is 5.97 Å². The number of benzene rings is 2. The second-order valence-electron chi connectivity index (χ2n) is 7.20. The van der Waals surface area contributed by atoms with Crippen molar-refractivity contribution in [2.75, 3.05) is 13.2 Å². The molecule has 0 unspecified atom stereocenters. The molecule has 0 bridgehead atoms. The average Bonchev–Trinajstić information content (AvgIpc) is 2.74. The number of ether oxygens (including phenoxy) is 2. The smallest absolute Gasteiger partial charge is 0.326 e. The van der Waals surface area contributed by atoms with Gasteiger partial charge in [-0.25, -0.2) is 0 Å². The van der Waals surface area contributed by atoms with Gasteiger partial charge < -0.3 is 14.8 Å². The van der Waals surface area contributed by atoms with Gasteiger partial charge in [-0.15, -0.1) is 0 Å². The summed E-state index contributed by atoms with van der Waals surface area (Å²) >= 11 is 0. The van der Waals surface area contributed by atoms with Crippen molar-refractivity contribution in [2.45, 2.75) is 46.6 Å². The largest absolute Gasteiger partial charge is 0.494 e. The number of hydrogen-bond acceptors (Lipinski definition) is 5. The highest BCUT2D eigenvalue weighted by atomic mass is 16.5. The van der Waals surface area contributed by atoms with E-state index in [0.717, 1.165) is 24.0 Å². The molecule has 30 heavy (non-hydrogen) atoms. The number of ketones is 1. The van der Waals surface area contributed by atoms with E-state index in [1.807, 2.05) is 19.9 Å². The Morgan fingerprint density at radius 3 is 2.27 bits per heavy atom. The Hall–Kier alpha value is -3.15. The number of amides is 1. The van der Waals surface area contributed by atoms with Crippen molar-refractivity contribution < 1.29 is 23.9 Å². The molecule has 0 aliphatic rings. The van der Waals surface area contributed by atoms with Crippen molar-refractivity contribution in [3.05, 3.63) is 64.7 Å². The molecule has 0 saturated heterocycles. The molecule has 2 aromatic carbocycles. The fraction of sp³-hybridized carbons (Fsp3) is 0.375. The number of esters is 1. The summed E-state index contributed by atoms with van der Waals surface area (Å²) in [6.45, 7) is 7.80. The van der Waals surface area contributed by atoms with Gasteiger partial charge in [-0.05, 0) is 68.7 Å². The molecule has 0 radical (unpaired) electrons. The molecule has 0 fully saturated rings. The van der Waals surface area contributed by atoms with E-state index in [4.69, 9.17) is 9.47 Å². The number of unbranched alkanes of at least 4 members (excludes halogenated alkanes) is 1. The topological polar surface area (TPSA) is 81.7 Å². The van der Waals surface area contributed by atoms with Gasteiger partial charge in [-0.2, -0.15) is 0 Å². The first-order valence-corrected chi connectivity index (χ1v) is 10.1. The van der Waals surface area contributed by atoms with E-state index in [0.29, 0.717) is 23.5 Å². The van der Waals surface area contributed by atoms with Crippen LogP contribution >= 0.6 is 0 Å². The first kappa shape index (κ1) is 23.1. The first-order chi connectivity index (χ1) is 14.3. The molecule has 1 atom stereocenters. The lowest BCUT2D eigenvalue weighted by Gasteiger charge is -2.13. The number of Topliss-reactive ketones (excluding diaryl/α,β-unsaturated/α-hetero) is 1. The molecule has 2 aromatic rings. The summed E-state index contributed by atoms with van der Waals surface area (Å²) < 4.78 is 10.7. The zero-order chi connectivity index (χ0) is 22.1. The summed E-state index contributed by atoms with van der Waals surface area (Å²) in [5.41, 5.74) is 2.97. The summed E-state index contributed by atoms with van der Waals surface area (Å²) in [7, 11) is 0. The molecule has 2 rings (SSSR count). The summed E-state index contributed by atoms with van der Waals surface area (Å²) in [5, 5.41) is 2.51. The monoisotopic (exact) mass is 411 g/mol. The molecule has 6 heteroatoms. The number of carbonyl (C=O) groups excluding carboxylic acids is 3. The number of hydrogen-bond donors (Lipinski definition) is 1. The van der Waals surface area contributed by atoms with Crippen molar-refractivity contribution in [3.63, 3.8) is 0 Å². The Labute approximate surface area is 177 Å². The van der Waals surface area contributed by atoms with E-state index in [9.17, 15) is 14.4 Å². The van der Waals surface area contributed by atoms with Crippen LogP contribution in [0, 0.1) is 13.8 Å². The molecule has 0 aliphatic heterocycles. The van der Waals surface area contributed by atoms with Crippen LogP contribution in [0.25, 0.3) is 0 Å². The standard InChI is InChI=1S/C24H29NO5/c1-5-6-13-29-21-11-9-19(10-12-21)24(28)25-15-22(26)30-18(4)23(27)20-8-7-16(2)17(3)14-20/h7-12,14,18H,5-6,13,15H2,1-4H3,(H,25,28)/t18-/m0/s1. The normalized spacial score (nSPS) is 11.5. The molecular formula is C24H29NO5. The Morgan fingerprint density at radius 2 is 1.63 bits per heavy atom. The van der Waals surface area contributed by atoms with E-state index in [-0.39, 0.29) is 12.3 Å². The van der Waals surface area contributed by atoms with Crippen molar-refractivity contribution >= 4 is 17.7 Å². The summed E-state index contributed by atoms with van der Waals surface area (Å²) in [6.07, 6.45) is 1.08. The van der Waals surface area contributed by atoms with Crippen LogP contribution in [0.3, 0.4) is 0 Å². The maximum absolute atomic E-state index is 12.5. The Morgan fingerprint density at radius 1 is 0.967 bits per heavy atom. The van der Waals surface area contributed by atoms with E-state index in [1.54, 1.807) is 36.4 Å². The van der Waals surface area contributed by atoms with Crippen LogP contribution in [0.4, 0.5) is 0 Å². The van der Waals surface area contributed by atoms with Gasteiger partial charge in [-0.1, -0.05) is 25.5 Å². The summed E-state index contributed by atoms with van der Waals surface area (Å²) in [5.74, 6) is -0.665. The quantitative estimate of drug-likeness (QED) is 0.363. The Bertz CT molecular complexity index is 889.